The molecule has 1 fully saturated rings. The molecule has 2 atom stereocenters. The molecule has 106 valence electrons. The quantitative estimate of drug-likeness (QED) is 0.753. The molecule has 2 rings (SSSR count). The van der Waals surface area contributed by atoms with Gasteiger partial charge in [-0.25, -0.2) is 4.98 Å². The zero-order valence-corrected chi connectivity index (χ0v) is 11.9. The Labute approximate surface area is 115 Å². The lowest BCUT2D eigenvalue weighted by molar-refractivity contribution is 0.0196. The Morgan fingerprint density at radius 1 is 1.47 bits per heavy atom. The zero-order valence-electron chi connectivity index (χ0n) is 11.9. The van der Waals surface area contributed by atoms with E-state index in [4.69, 9.17) is 10.5 Å². The van der Waals surface area contributed by atoms with E-state index in [1.54, 1.807) is 6.20 Å². The number of likely N-dealkylation sites (N-methyl/N-ethyl adjacent to an activating group) is 1. The van der Waals surface area contributed by atoms with Crippen molar-refractivity contribution in [2.24, 2.45) is 5.92 Å². The van der Waals surface area contributed by atoms with Gasteiger partial charge in [0.15, 0.2) is 0 Å². The largest absolute Gasteiger partial charge is 0.384 e. The van der Waals surface area contributed by atoms with Gasteiger partial charge < -0.3 is 15.8 Å². The summed E-state index contributed by atoms with van der Waals surface area (Å²) in [6.07, 6.45) is 5.64. The maximum absolute atomic E-state index is 5.97. The molecule has 1 saturated carbocycles. The summed E-state index contributed by atoms with van der Waals surface area (Å²) >= 11 is 0. The van der Waals surface area contributed by atoms with E-state index in [9.17, 15) is 0 Å². The lowest BCUT2D eigenvalue weighted by Crippen LogP contribution is -2.44. The average Bonchev–Trinajstić information content (AvgIpc) is 3.20. The van der Waals surface area contributed by atoms with Crippen LogP contribution in [0.2, 0.25) is 0 Å². The van der Waals surface area contributed by atoms with Crippen LogP contribution in [0.4, 0.5) is 5.82 Å². The van der Waals surface area contributed by atoms with Crippen LogP contribution < -0.4 is 11.1 Å². The number of anilines is 1. The van der Waals surface area contributed by atoms with Crippen molar-refractivity contribution < 1.29 is 4.74 Å². The maximum atomic E-state index is 5.97. The summed E-state index contributed by atoms with van der Waals surface area (Å²) in [4.78, 5) is 4.05. The minimum absolute atomic E-state index is 0.319. The van der Waals surface area contributed by atoms with E-state index in [1.165, 1.54) is 18.4 Å². The second kappa shape index (κ2) is 6.87. The Kier molecular flexibility index (Phi) is 5.16. The Balaban J connectivity index is 2.05. The number of ether oxygens (including phenoxy) is 1. The fraction of sp³-hybridized carbons (Fsp3) is 0.667. The predicted molar refractivity (Wildman–Crippen MR) is 78.0 cm³/mol. The molecule has 4 heteroatoms. The van der Waals surface area contributed by atoms with Crippen molar-refractivity contribution in [3.05, 3.63) is 23.9 Å². The molecule has 0 bridgehead atoms. The molecule has 1 aliphatic rings. The standard InChI is InChI=1S/C15H25N3O/c1-3-17-13(15(19-4-2)12-5-6-12)9-11-7-8-18-14(16)10-11/h7-8,10,12-13,15,17H,3-6,9H2,1-2H3,(H2,16,18). The van der Waals surface area contributed by atoms with Crippen LogP contribution >= 0.6 is 0 Å². The third kappa shape index (κ3) is 4.18. The van der Waals surface area contributed by atoms with Crippen molar-refractivity contribution in [2.75, 3.05) is 18.9 Å². The molecule has 0 amide bonds. The van der Waals surface area contributed by atoms with Crippen molar-refractivity contribution in [1.82, 2.24) is 10.3 Å². The maximum Gasteiger partial charge on any atom is 0.123 e. The highest BCUT2D eigenvalue weighted by Crippen LogP contribution is 2.36. The van der Waals surface area contributed by atoms with Crippen molar-refractivity contribution in [2.45, 2.75) is 45.3 Å². The SMILES string of the molecule is CCNC(Cc1ccnc(N)c1)C(OCC)C1CC1. The van der Waals surface area contributed by atoms with E-state index in [0.29, 0.717) is 18.0 Å². The van der Waals surface area contributed by atoms with Gasteiger partial charge in [-0.3, -0.25) is 0 Å². The van der Waals surface area contributed by atoms with Crippen LogP contribution in [-0.4, -0.2) is 30.3 Å². The fourth-order valence-corrected chi connectivity index (χ4v) is 2.64. The van der Waals surface area contributed by atoms with Crippen LogP contribution in [0.15, 0.2) is 18.3 Å². The van der Waals surface area contributed by atoms with Crippen LogP contribution in [0.3, 0.4) is 0 Å². The summed E-state index contributed by atoms with van der Waals surface area (Å²) in [6, 6.07) is 4.36. The Hall–Kier alpha value is -1.13. The lowest BCUT2D eigenvalue weighted by Gasteiger charge is -2.28. The highest BCUT2D eigenvalue weighted by atomic mass is 16.5. The molecular weight excluding hydrogens is 238 g/mol. The molecule has 0 radical (unpaired) electrons. The number of nitrogens with two attached hydrogens (primary N) is 1. The molecular formula is C15H25N3O. The van der Waals surface area contributed by atoms with Crippen LogP contribution in [0.25, 0.3) is 0 Å². The third-order valence-corrected chi connectivity index (χ3v) is 3.61. The second-order valence-corrected chi connectivity index (χ2v) is 5.21. The predicted octanol–water partition coefficient (Wildman–Crippen LogP) is 2.00. The molecule has 1 aliphatic carbocycles. The third-order valence-electron chi connectivity index (χ3n) is 3.61. The lowest BCUT2D eigenvalue weighted by atomic mass is 9.98. The van der Waals surface area contributed by atoms with Gasteiger partial charge in [0.25, 0.3) is 0 Å². The molecule has 4 nitrogen and oxygen atoms in total. The first-order valence-electron chi connectivity index (χ1n) is 7.30. The molecule has 0 saturated heterocycles. The molecule has 1 aromatic heterocycles. The average molecular weight is 263 g/mol. The van der Waals surface area contributed by atoms with Gasteiger partial charge in [0.05, 0.1) is 6.10 Å². The van der Waals surface area contributed by atoms with Crippen LogP contribution in [0.1, 0.15) is 32.3 Å². The first-order chi connectivity index (χ1) is 9.24. The van der Waals surface area contributed by atoms with E-state index in [-0.39, 0.29) is 0 Å². The summed E-state index contributed by atoms with van der Waals surface area (Å²) < 4.78 is 5.97. The minimum Gasteiger partial charge on any atom is -0.384 e. The highest BCUT2D eigenvalue weighted by Gasteiger charge is 2.36. The minimum atomic E-state index is 0.319. The number of rotatable bonds is 8. The molecule has 2 unspecified atom stereocenters. The molecule has 0 aromatic carbocycles. The summed E-state index contributed by atoms with van der Waals surface area (Å²) in [5.41, 5.74) is 6.98. The molecule has 0 aliphatic heterocycles. The number of nitrogens with zero attached hydrogens (tertiary/aromatic N) is 1. The van der Waals surface area contributed by atoms with E-state index < -0.39 is 0 Å². The van der Waals surface area contributed by atoms with E-state index in [0.717, 1.165) is 25.5 Å². The van der Waals surface area contributed by atoms with Gasteiger partial charge >= 0.3 is 0 Å². The number of hydrogen-bond acceptors (Lipinski definition) is 4. The van der Waals surface area contributed by atoms with Gasteiger partial charge in [0, 0.05) is 18.8 Å². The van der Waals surface area contributed by atoms with Gasteiger partial charge in [-0.15, -0.1) is 0 Å². The second-order valence-electron chi connectivity index (χ2n) is 5.21. The van der Waals surface area contributed by atoms with Crippen molar-refractivity contribution in [3.8, 4) is 0 Å². The summed E-state index contributed by atoms with van der Waals surface area (Å²) in [7, 11) is 0. The van der Waals surface area contributed by atoms with E-state index in [1.807, 2.05) is 12.1 Å². The van der Waals surface area contributed by atoms with Crippen molar-refractivity contribution in [3.63, 3.8) is 0 Å². The van der Waals surface area contributed by atoms with Gasteiger partial charge in [-0.1, -0.05) is 6.92 Å². The van der Waals surface area contributed by atoms with Gasteiger partial charge in [0.2, 0.25) is 0 Å². The monoisotopic (exact) mass is 263 g/mol. The first kappa shape index (κ1) is 14.3. The summed E-state index contributed by atoms with van der Waals surface area (Å²) in [5.74, 6) is 1.32. The van der Waals surface area contributed by atoms with Gasteiger partial charge in [-0.05, 0) is 56.3 Å². The number of nitrogens with one attached hydrogen (secondary N) is 1. The smallest absolute Gasteiger partial charge is 0.123 e. The van der Waals surface area contributed by atoms with Crippen LogP contribution in [0.5, 0.6) is 0 Å². The number of pyridine rings is 1. The first-order valence-corrected chi connectivity index (χ1v) is 7.30. The van der Waals surface area contributed by atoms with E-state index >= 15 is 0 Å². The Morgan fingerprint density at radius 3 is 2.84 bits per heavy atom. The summed E-state index contributed by atoms with van der Waals surface area (Å²) in [5, 5.41) is 3.57. The molecule has 3 N–H and O–H groups in total. The van der Waals surface area contributed by atoms with Gasteiger partial charge in [-0.2, -0.15) is 0 Å². The fourth-order valence-electron chi connectivity index (χ4n) is 2.64. The van der Waals surface area contributed by atoms with Crippen LogP contribution in [-0.2, 0) is 11.2 Å². The van der Waals surface area contributed by atoms with E-state index in [2.05, 4.69) is 24.1 Å². The number of aromatic nitrogens is 1. The highest BCUT2D eigenvalue weighted by molar-refractivity contribution is 5.32. The van der Waals surface area contributed by atoms with Crippen molar-refractivity contribution in [1.29, 1.82) is 0 Å². The Morgan fingerprint density at radius 2 is 2.26 bits per heavy atom. The molecule has 0 spiro atoms. The Bertz CT molecular complexity index is 393. The topological polar surface area (TPSA) is 60.2 Å². The zero-order chi connectivity index (χ0) is 13.7. The normalized spacial score (nSPS) is 18.2. The van der Waals surface area contributed by atoms with Gasteiger partial charge in [0.1, 0.15) is 5.82 Å². The number of nitrogen functional groups attached to an aromatic ring is 1. The van der Waals surface area contributed by atoms with Crippen molar-refractivity contribution >= 4 is 5.82 Å². The molecule has 19 heavy (non-hydrogen) atoms. The molecule has 1 heterocycles. The molecule has 1 aromatic rings. The number of hydrogen-bond donors (Lipinski definition) is 2. The summed E-state index contributed by atoms with van der Waals surface area (Å²) in [6.45, 7) is 5.95. The van der Waals surface area contributed by atoms with Crippen LogP contribution in [0, 0.1) is 5.92 Å².